The summed E-state index contributed by atoms with van der Waals surface area (Å²) in [5.41, 5.74) is 0. The standard InChI is InChI=1S/C83H136O17P2/c1-5-9-13-17-21-25-29-33-36-38-41-45-48-52-56-60-64-68-81(86)94-74-79(100-83(88)70-66-62-58-54-50-46-42-39-37-34-30-26-22-18-14-10-6-2)76-98-102(91,92)96-72-77(84)71-95-101(89,90)97-75-78(99-82(87)69-65-61-57-53-49-43-32-28-24-20-16-12-8-4)73-93-80(85)67-63-59-55-51-47-44-40-35-31-27-23-19-15-11-7-3/h9-10,13-14,16,20-23,25-28,32-37,40-42,45-46,52,56,77-79,84H,5-8,11-12,15,17-19,24,29-31,38-39,43-44,47-51,53-55,57-76H2,1-4H3,(H,89,90)(H,91,92)/b13-9-,14-10-,20-16-,25-21-,26-22-,27-23-,32-28-,36-33-,37-34-,40-35-,45-41-,46-42-,56-52-. The van der Waals surface area contributed by atoms with Gasteiger partial charge in [0.05, 0.1) is 26.4 Å². The van der Waals surface area contributed by atoms with Crippen molar-refractivity contribution in [3.05, 3.63) is 158 Å². The molecule has 0 spiro atoms. The van der Waals surface area contributed by atoms with E-state index in [2.05, 4.69) is 174 Å². The van der Waals surface area contributed by atoms with E-state index >= 15 is 0 Å². The van der Waals surface area contributed by atoms with Crippen LogP contribution in [-0.4, -0.2) is 96.7 Å². The van der Waals surface area contributed by atoms with E-state index in [1.54, 1.807) is 0 Å². The molecule has 0 aliphatic heterocycles. The molecule has 0 aliphatic rings. The van der Waals surface area contributed by atoms with Crippen LogP contribution in [0.1, 0.15) is 285 Å². The van der Waals surface area contributed by atoms with Crippen molar-refractivity contribution in [2.24, 2.45) is 0 Å². The van der Waals surface area contributed by atoms with Gasteiger partial charge in [-0.2, -0.15) is 0 Å². The minimum atomic E-state index is -5.00. The Morgan fingerprint density at radius 1 is 0.284 bits per heavy atom. The molecule has 102 heavy (non-hydrogen) atoms. The lowest BCUT2D eigenvalue weighted by atomic mass is 10.1. The molecule has 0 radical (unpaired) electrons. The van der Waals surface area contributed by atoms with E-state index < -0.39 is 97.5 Å². The Hall–Kier alpha value is -5.32. The largest absolute Gasteiger partial charge is 0.472 e. The highest BCUT2D eigenvalue weighted by molar-refractivity contribution is 7.47. The molecule has 0 aromatic heterocycles. The molecule has 0 fully saturated rings. The molecule has 17 nitrogen and oxygen atoms in total. The van der Waals surface area contributed by atoms with Crippen LogP contribution in [0.25, 0.3) is 0 Å². The third-order valence-corrected chi connectivity index (χ3v) is 17.3. The molecule has 580 valence electrons. The summed E-state index contributed by atoms with van der Waals surface area (Å²) in [6.45, 7) is 4.41. The fraction of sp³-hybridized carbons (Fsp3) is 0.639. The number of allylic oxidation sites excluding steroid dienone is 26. The van der Waals surface area contributed by atoms with E-state index in [0.29, 0.717) is 32.1 Å². The fourth-order valence-electron chi connectivity index (χ4n) is 9.61. The van der Waals surface area contributed by atoms with Crippen LogP contribution in [0, 0.1) is 0 Å². The maximum absolute atomic E-state index is 13.1. The van der Waals surface area contributed by atoms with Crippen LogP contribution in [-0.2, 0) is 65.4 Å². The number of ether oxygens (including phenoxy) is 4. The number of aliphatic hydroxyl groups is 1. The number of carbonyl (C=O) groups is 4. The third kappa shape index (κ3) is 73.0. The van der Waals surface area contributed by atoms with Gasteiger partial charge in [0, 0.05) is 25.7 Å². The van der Waals surface area contributed by atoms with Crippen LogP contribution >= 0.6 is 15.6 Å². The highest BCUT2D eigenvalue weighted by Crippen LogP contribution is 2.45. The second kappa shape index (κ2) is 74.0. The van der Waals surface area contributed by atoms with Gasteiger partial charge in [-0.25, -0.2) is 9.13 Å². The maximum atomic E-state index is 13.1. The molecule has 19 heteroatoms. The van der Waals surface area contributed by atoms with Gasteiger partial charge in [0.2, 0.25) is 0 Å². The first-order valence-electron chi connectivity index (χ1n) is 38.7. The Labute approximate surface area is 617 Å². The normalized spacial score (nSPS) is 14.8. The number of hydrogen-bond acceptors (Lipinski definition) is 15. The molecule has 0 bridgehead atoms. The van der Waals surface area contributed by atoms with E-state index in [1.165, 1.54) is 19.3 Å². The summed E-state index contributed by atoms with van der Waals surface area (Å²) < 4.78 is 68.4. The van der Waals surface area contributed by atoms with Crippen molar-refractivity contribution in [2.75, 3.05) is 39.6 Å². The molecule has 0 aromatic rings. The van der Waals surface area contributed by atoms with Crippen LogP contribution in [0.3, 0.4) is 0 Å². The number of hydrogen-bond donors (Lipinski definition) is 3. The van der Waals surface area contributed by atoms with Gasteiger partial charge in [0.1, 0.15) is 19.3 Å². The van der Waals surface area contributed by atoms with E-state index in [-0.39, 0.29) is 25.7 Å². The van der Waals surface area contributed by atoms with Gasteiger partial charge in [-0.1, -0.05) is 256 Å². The van der Waals surface area contributed by atoms with Crippen molar-refractivity contribution in [3.63, 3.8) is 0 Å². The van der Waals surface area contributed by atoms with Crippen LogP contribution in [0.5, 0.6) is 0 Å². The summed E-state index contributed by atoms with van der Waals surface area (Å²) in [4.78, 5) is 72.9. The first kappa shape index (κ1) is 96.7. The third-order valence-electron chi connectivity index (χ3n) is 15.4. The minimum Gasteiger partial charge on any atom is -0.462 e. The molecular weight excluding hydrogens is 1330 g/mol. The topological polar surface area (TPSA) is 237 Å². The Bertz CT molecular complexity index is 2550. The smallest absolute Gasteiger partial charge is 0.462 e. The van der Waals surface area contributed by atoms with Crippen LogP contribution in [0.4, 0.5) is 0 Å². The van der Waals surface area contributed by atoms with Gasteiger partial charge >= 0.3 is 39.5 Å². The first-order chi connectivity index (χ1) is 49.7. The highest BCUT2D eigenvalue weighted by atomic mass is 31.2. The van der Waals surface area contributed by atoms with Crippen LogP contribution in [0.15, 0.2) is 158 Å². The number of esters is 4. The summed E-state index contributed by atoms with van der Waals surface area (Å²) in [5.74, 6) is -2.31. The molecule has 5 unspecified atom stereocenters. The SMILES string of the molecule is CC/C=C\C/C=C\C/C=C\C/C=C\C/C=C\CCCC(=O)OCC(COP(=O)(O)OCC(O)COP(=O)(O)OCC(COC(=O)CCCCCCC/C=C\C/C=C\CCCCC)OC(=O)CCCCCCC/C=C\C/C=C\CCC)OC(=O)CCCCCC/C=C\C/C=C\C/C=C\C/C=C\CC. The average molecular weight is 1470 g/mol. The number of rotatable bonds is 71. The van der Waals surface area contributed by atoms with Gasteiger partial charge in [-0.05, 0) is 161 Å². The van der Waals surface area contributed by atoms with Gasteiger partial charge in [0.25, 0.3) is 0 Å². The van der Waals surface area contributed by atoms with Crippen molar-refractivity contribution in [3.8, 4) is 0 Å². The zero-order valence-corrected chi connectivity index (χ0v) is 65.0. The Kier molecular flexibility index (Phi) is 70.1. The Morgan fingerprint density at radius 3 is 0.863 bits per heavy atom. The molecule has 0 amide bonds. The van der Waals surface area contributed by atoms with Gasteiger partial charge in [-0.3, -0.25) is 37.3 Å². The molecule has 0 rings (SSSR count). The van der Waals surface area contributed by atoms with Gasteiger partial charge in [-0.15, -0.1) is 0 Å². The molecule has 5 atom stereocenters. The van der Waals surface area contributed by atoms with E-state index in [0.717, 1.165) is 180 Å². The van der Waals surface area contributed by atoms with E-state index in [1.807, 2.05) is 12.2 Å². The monoisotopic (exact) mass is 1470 g/mol. The number of phosphoric acid groups is 2. The summed E-state index contributed by atoms with van der Waals surface area (Å²) in [7, 11) is -10.00. The first-order valence-corrected chi connectivity index (χ1v) is 41.7. The second-order valence-electron chi connectivity index (χ2n) is 25.2. The van der Waals surface area contributed by atoms with E-state index in [9.17, 15) is 43.2 Å². The number of carbonyl (C=O) groups excluding carboxylic acids is 4. The molecule has 3 N–H and O–H groups in total. The lowest BCUT2D eigenvalue weighted by Gasteiger charge is -2.21. The summed E-state index contributed by atoms with van der Waals surface area (Å²) in [5, 5.41) is 10.6. The summed E-state index contributed by atoms with van der Waals surface area (Å²) in [6.07, 6.45) is 85.2. The maximum Gasteiger partial charge on any atom is 0.472 e. The quantitative estimate of drug-likeness (QED) is 0.0169. The predicted molar refractivity (Wildman–Crippen MR) is 417 cm³/mol. The summed E-state index contributed by atoms with van der Waals surface area (Å²) >= 11 is 0. The molecular formula is C83H136O17P2. The number of unbranched alkanes of at least 4 members (excludes halogenated alkanes) is 19. The number of aliphatic hydroxyl groups excluding tert-OH is 1. The molecule has 0 aliphatic carbocycles. The predicted octanol–water partition coefficient (Wildman–Crippen LogP) is 22.4. The van der Waals surface area contributed by atoms with Gasteiger partial charge < -0.3 is 33.8 Å². The molecule has 0 aromatic carbocycles. The van der Waals surface area contributed by atoms with Gasteiger partial charge in [0.15, 0.2) is 12.2 Å². The second-order valence-corrected chi connectivity index (χ2v) is 28.1. The van der Waals surface area contributed by atoms with Crippen molar-refractivity contribution < 1.29 is 80.2 Å². The summed E-state index contributed by atoms with van der Waals surface area (Å²) in [6, 6.07) is 0. The van der Waals surface area contributed by atoms with Crippen LogP contribution < -0.4 is 0 Å². The molecule has 0 saturated carbocycles. The van der Waals surface area contributed by atoms with Crippen LogP contribution in [0.2, 0.25) is 0 Å². The Balaban J connectivity index is 5.47. The molecule has 0 saturated heterocycles. The highest BCUT2D eigenvalue weighted by Gasteiger charge is 2.30. The average Bonchev–Trinajstić information content (AvgIpc) is 0.959. The van der Waals surface area contributed by atoms with Crippen molar-refractivity contribution >= 4 is 39.5 Å². The van der Waals surface area contributed by atoms with Crippen molar-refractivity contribution in [2.45, 2.75) is 303 Å². The lowest BCUT2D eigenvalue weighted by Crippen LogP contribution is -2.30. The molecule has 0 heterocycles. The zero-order chi connectivity index (χ0) is 74.6. The zero-order valence-electron chi connectivity index (χ0n) is 63.2. The Morgan fingerprint density at radius 2 is 0.539 bits per heavy atom. The van der Waals surface area contributed by atoms with Crippen molar-refractivity contribution in [1.29, 1.82) is 0 Å². The fourth-order valence-corrected chi connectivity index (χ4v) is 11.2. The van der Waals surface area contributed by atoms with E-state index in [4.69, 9.17) is 37.0 Å². The number of phosphoric ester groups is 2. The minimum absolute atomic E-state index is 0.0486. The van der Waals surface area contributed by atoms with Crippen molar-refractivity contribution in [1.82, 2.24) is 0 Å². The lowest BCUT2D eigenvalue weighted by molar-refractivity contribution is -0.161.